The molecule has 1 unspecified atom stereocenters. The average Bonchev–Trinajstić information content (AvgIpc) is 3.62. The molecule has 210 valence electrons. The van der Waals surface area contributed by atoms with Gasteiger partial charge in [0.25, 0.3) is 0 Å². The quantitative estimate of drug-likeness (QED) is 0.430. The van der Waals surface area contributed by atoms with E-state index in [1.807, 2.05) is 19.1 Å². The predicted octanol–water partition coefficient (Wildman–Crippen LogP) is 5.57. The van der Waals surface area contributed by atoms with Gasteiger partial charge in [0.2, 0.25) is 15.9 Å². The number of benzene rings is 2. The summed E-state index contributed by atoms with van der Waals surface area (Å²) in [6.07, 6.45) is 4.58. The zero-order valence-corrected chi connectivity index (χ0v) is 23.7. The third-order valence-electron chi connectivity index (χ3n) is 8.40. The number of amides is 1. The first-order valence-electron chi connectivity index (χ1n) is 13.5. The van der Waals surface area contributed by atoms with E-state index < -0.39 is 33.5 Å². The highest BCUT2D eigenvalue weighted by Crippen LogP contribution is 2.43. The monoisotopic (exact) mass is 578 g/mol. The fourth-order valence-corrected chi connectivity index (χ4v) is 7.23. The third-order valence-corrected chi connectivity index (χ3v) is 9.96. The fourth-order valence-electron chi connectivity index (χ4n) is 6.06. The van der Waals surface area contributed by atoms with Gasteiger partial charge in [-0.25, -0.2) is 17.2 Å². The second kappa shape index (κ2) is 10.8. The number of hydrogen-bond acceptors (Lipinski definition) is 4. The lowest BCUT2D eigenvalue weighted by Gasteiger charge is -2.36. The van der Waals surface area contributed by atoms with Crippen molar-refractivity contribution in [3.63, 3.8) is 0 Å². The van der Waals surface area contributed by atoms with Gasteiger partial charge in [0.1, 0.15) is 17.4 Å². The van der Waals surface area contributed by atoms with Crippen LogP contribution in [-0.4, -0.2) is 50.9 Å². The van der Waals surface area contributed by atoms with Crippen LogP contribution in [0.4, 0.5) is 14.5 Å². The summed E-state index contributed by atoms with van der Waals surface area (Å²) in [5, 5.41) is 0.570. The van der Waals surface area contributed by atoms with E-state index >= 15 is 0 Å². The number of hydrogen-bond donors (Lipinski definition) is 0. The van der Waals surface area contributed by atoms with E-state index in [2.05, 4.69) is 0 Å². The van der Waals surface area contributed by atoms with E-state index in [1.165, 1.54) is 16.6 Å². The van der Waals surface area contributed by atoms with E-state index in [0.717, 1.165) is 36.1 Å². The number of piperidine rings is 1. The number of aryl methyl sites for hydroxylation is 1. The van der Waals surface area contributed by atoms with Crippen LogP contribution in [0.2, 0.25) is 5.02 Å². The van der Waals surface area contributed by atoms with Crippen LogP contribution < -0.4 is 4.31 Å². The number of nitrogens with zero attached hydrogens (tertiary/aromatic N) is 2. The van der Waals surface area contributed by atoms with Crippen LogP contribution in [0.15, 0.2) is 30.3 Å². The Morgan fingerprint density at radius 2 is 1.74 bits per heavy atom. The number of carbonyl (C=O) groups is 2. The molecule has 1 amide bonds. The van der Waals surface area contributed by atoms with Crippen molar-refractivity contribution in [2.75, 3.05) is 30.2 Å². The second-order valence-corrected chi connectivity index (χ2v) is 13.6. The van der Waals surface area contributed by atoms with Crippen LogP contribution in [0.1, 0.15) is 67.1 Å². The maximum atomic E-state index is 14.5. The Kier molecular flexibility index (Phi) is 7.76. The first kappa shape index (κ1) is 28.0. The molecular weight excluding hydrogens is 546 g/mol. The van der Waals surface area contributed by atoms with E-state index in [1.54, 1.807) is 4.90 Å². The summed E-state index contributed by atoms with van der Waals surface area (Å²) >= 11 is 6.50. The molecule has 2 aromatic rings. The molecule has 2 atom stereocenters. The summed E-state index contributed by atoms with van der Waals surface area (Å²) in [6.45, 7) is 3.16. The Hall–Kier alpha value is -2.52. The minimum Gasteiger partial charge on any atom is -0.342 e. The molecule has 1 saturated heterocycles. The molecule has 39 heavy (non-hydrogen) atoms. The minimum absolute atomic E-state index is 0.00107. The van der Waals surface area contributed by atoms with E-state index in [0.29, 0.717) is 49.1 Å². The zero-order valence-electron chi connectivity index (χ0n) is 22.1. The Bertz CT molecular complexity index is 1400. The van der Waals surface area contributed by atoms with Gasteiger partial charge in [0, 0.05) is 49.5 Å². The van der Waals surface area contributed by atoms with Gasteiger partial charge in [-0.3, -0.25) is 13.9 Å². The molecule has 0 spiro atoms. The lowest BCUT2D eigenvalue weighted by Crippen LogP contribution is -2.42. The minimum atomic E-state index is -3.50. The predicted molar refractivity (Wildman–Crippen MR) is 146 cm³/mol. The molecule has 5 rings (SSSR count). The molecular formula is C29H33ClF2N2O4S. The van der Waals surface area contributed by atoms with Gasteiger partial charge < -0.3 is 4.90 Å². The first-order chi connectivity index (χ1) is 18.4. The van der Waals surface area contributed by atoms with E-state index in [-0.39, 0.29) is 36.0 Å². The van der Waals surface area contributed by atoms with Gasteiger partial charge in [-0.15, -0.1) is 0 Å². The normalized spacial score (nSPS) is 22.4. The van der Waals surface area contributed by atoms with Crippen molar-refractivity contribution in [1.82, 2.24) is 4.90 Å². The van der Waals surface area contributed by atoms with Crippen molar-refractivity contribution < 1.29 is 26.8 Å². The smallest absolute Gasteiger partial charge is 0.232 e. The van der Waals surface area contributed by atoms with Crippen molar-refractivity contribution >= 4 is 39.0 Å². The lowest BCUT2D eigenvalue weighted by molar-refractivity contribution is -0.137. The SMILES string of the molecule is Cc1cc(N(CC2CC2)S(C)(=O)=O)c(C2CCN(C(=O)C3CC(=O)C[C@H]3c3ccc(F)cc3F)CC2)cc1Cl. The second-order valence-electron chi connectivity index (χ2n) is 11.3. The van der Waals surface area contributed by atoms with Crippen molar-refractivity contribution in [3.05, 3.63) is 63.7 Å². The summed E-state index contributed by atoms with van der Waals surface area (Å²) in [6, 6.07) is 6.99. The summed E-state index contributed by atoms with van der Waals surface area (Å²) in [4.78, 5) is 27.6. The number of likely N-dealkylation sites (tertiary alicyclic amines) is 1. The summed E-state index contributed by atoms with van der Waals surface area (Å²) in [5.41, 5.74) is 2.53. The third kappa shape index (κ3) is 5.99. The Balaban J connectivity index is 1.35. The van der Waals surface area contributed by atoms with Gasteiger partial charge in [-0.05, 0) is 79.3 Å². The average molecular weight is 579 g/mol. The Morgan fingerprint density at radius 3 is 2.36 bits per heavy atom. The molecule has 0 N–H and O–H groups in total. The highest BCUT2D eigenvalue weighted by Gasteiger charge is 2.42. The van der Waals surface area contributed by atoms with Crippen LogP contribution in [0.5, 0.6) is 0 Å². The number of ketones is 1. The Labute approximate surface area is 233 Å². The molecule has 3 aliphatic rings. The zero-order chi connectivity index (χ0) is 28.1. The highest BCUT2D eigenvalue weighted by atomic mass is 35.5. The van der Waals surface area contributed by atoms with Crippen LogP contribution in [0.3, 0.4) is 0 Å². The van der Waals surface area contributed by atoms with Crippen molar-refractivity contribution in [3.8, 4) is 0 Å². The summed E-state index contributed by atoms with van der Waals surface area (Å²) in [5.74, 6) is -2.68. The molecule has 0 radical (unpaired) electrons. The number of Topliss-reactive ketones (excluding diaryl/α,β-unsaturated/α-hetero) is 1. The Morgan fingerprint density at radius 1 is 1.05 bits per heavy atom. The molecule has 0 aromatic heterocycles. The van der Waals surface area contributed by atoms with Crippen molar-refractivity contribution in [2.24, 2.45) is 11.8 Å². The van der Waals surface area contributed by atoms with Crippen molar-refractivity contribution in [1.29, 1.82) is 0 Å². The molecule has 1 heterocycles. The van der Waals surface area contributed by atoms with E-state index in [9.17, 15) is 26.8 Å². The summed E-state index contributed by atoms with van der Waals surface area (Å²) in [7, 11) is -3.50. The number of halogens is 3. The number of sulfonamides is 1. The largest absolute Gasteiger partial charge is 0.342 e. The molecule has 6 nitrogen and oxygen atoms in total. The molecule has 1 aliphatic heterocycles. The van der Waals surface area contributed by atoms with Gasteiger partial charge in [-0.2, -0.15) is 0 Å². The van der Waals surface area contributed by atoms with Crippen LogP contribution in [-0.2, 0) is 19.6 Å². The van der Waals surface area contributed by atoms with Gasteiger partial charge >= 0.3 is 0 Å². The molecule has 2 aliphatic carbocycles. The fraction of sp³-hybridized carbons (Fsp3) is 0.517. The van der Waals surface area contributed by atoms with Gasteiger partial charge in [0.15, 0.2) is 0 Å². The number of carbonyl (C=O) groups excluding carboxylic acids is 2. The molecule has 3 fully saturated rings. The van der Waals surface area contributed by atoms with Crippen molar-refractivity contribution in [2.45, 2.75) is 57.3 Å². The molecule has 2 aromatic carbocycles. The topological polar surface area (TPSA) is 74.8 Å². The van der Waals surface area contributed by atoms with E-state index in [4.69, 9.17) is 11.6 Å². The van der Waals surface area contributed by atoms with Gasteiger partial charge in [-0.1, -0.05) is 17.7 Å². The standard InChI is InChI=1S/C29H33ClF2N2O4S/c1-17-11-28(34(39(2,37)38)16-18-3-4-18)23(15-26(17)30)19-7-9-33(10-8-19)29(36)25-14-21(35)13-24(25)22-6-5-20(31)12-27(22)32/h5-6,11-12,15,18-19,24-25H,3-4,7-10,13-14,16H2,1-2H3/t24-,25?/m0/s1. The van der Waals surface area contributed by atoms with Crippen LogP contribution >= 0.6 is 11.6 Å². The van der Waals surface area contributed by atoms with Crippen LogP contribution in [0.25, 0.3) is 0 Å². The van der Waals surface area contributed by atoms with Gasteiger partial charge in [0.05, 0.1) is 17.9 Å². The lowest BCUT2D eigenvalue weighted by atomic mass is 9.85. The maximum Gasteiger partial charge on any atom is 0.232 e. The highest BCUT2D eigenvalue weighted by molar-refractivity contribution is 7.92. The molecule has 0 bridgehead atoms. The maximum absolute atomic E-state index is 14.5. The number of rotatable bonds is 7. The molecule has 2 saturated carbocycles. The first-order valence-corrected chi connectivity index (χ1v) is 15.7. The number of anilines is 1. The van der Waals surface area contributed by atoms with Crippen LogP contribution in [0, 0.1) is 30.4 Å². The summed E-state index contributed by atoms with van der Waals surface area (Å²) < 4.78 is 55.1. The molecule has 10 heteroatoms.